The number of rotatable bonds is 5. The van der Waals surface area contributed by atoms with Gasteiger partial charge in [-0.2, -0.15) is 9.40 Å². The number of amides is 1. The van der Waals surface area contributed by atoms with E-state index in [0.717, 1.165) is 25.7 Å². The highest BCUT2D eigenvalue weighted by Crippen LogP contribution is 2.27. The van der Waals surface area contributed by atoms with Crippen molar-refractivity contribution in [2.45, 2.75) is 36.8 Å². The number of nitrogens with two attached hydrogens (primary N) is 1. The van der Waals surface area contributed by atoms with E-state index >= 15 is 0 Å². The molecule has 0 atom stereocenters. The second-order valence-corrected chi connectivity index (χ2v) is 6.23. The molecule has 0 aromatic carbocycles. The Morgan fingerprint density at radius 2 is 2.17 bits per heavy atom. The molecule has 2 rings (SSSR count). The monoisotopic (exact) mass is 272 g/mol. The Morgan fingerprint density at radius 1 is 1.50 bits per heavy atom. The van der Waals surface area contributed by atoms with E-state index in [9.17, 15) is 13.2 Å². The summed E-state index contributed by atoms with van der Waals surface area (Å²) in [4.78, 5) is 11.1. The molecule has 0 bridgehead atoms. The predicted molar refractivity (Wildman–Crippen MR) is 63.9 cm³/mol. The van der Waals surface area contributed by atoms with Gasteiger partial charge in [-0.05, 0) is 18.9 Å². The van der Waals surface area contributed by atoms with Crippen molar-refractivity contribution in [1.82, 2.24) is 14.5 Å². The highest BCUT2D eigenvalue weighted by Gasteiger charge is 2.34. The molecule has 7 nitrogen and oxygen atoms in total. The summed E-state index contributed by atoms with van der Waals surface area (Å²) in [6, 6.07) is 1.23. The lowest BCUT2D eigenvalue weighted by molar-refractivity contribution is -0.118. The van der Waals surface area contributed by atoms with Crippen LogP contribution in [0.15, 0.2) is 17.3 Å². The number of hydrogen-bond donors (Lipinski definition) is 2. The number of sulfonamides is 1. The Bertz CT molecular complexity index is 505. The molecule has 1 aliphatic carbocycles. The zero-order valence-electron chi connectivity index (χ0n) is 9.87. The van der Waals surface area contributed by atoms with Crippen LogP contribution in [-0.2, 0) is 14.8 Å². The zero-order valence-corrected chi connectivity index (χ0v) is 10.7. The molecule has 1 aliphatic rings. The van der Waals surface area contributed by atoms with E-state index in [1.165, 1.54) is 16.6 Å². The molecule has 0 saturated heterocycles. The van der Waals surface area contributed by atoms with Gasteiger partial charge in [-0.3, -0.25) is 9.89 Å². The van der Waals surface area contributed by atoms with E-state index in [1.807, 2.05) is 0 Å². The SMILES string of the molecule is NC(=O)CN(C1CCCC1)S(=O)(=O)c1ccn[nH]1. The van der Waals surface area contributed by atoms with Gasteiger partial charge in [0.05, 0.1) is 12.7 Å². The van der Waals surface area contributed by atoms with Crippen LogP contribution in [0.25, 0.3) is 0 Å². The number of aromatic amines is 1. The second kappa shape index (κ2) is 5.07. The van der Waals surface area contributed by atoms with E-state index < -0.39 is 15.9 Å². The van der Waals surface area contributed by atoms with E-state index in [4.69, 9.17) is 5.73 Å². The molecule has 1 aromatic heterocycles. The Kier molecular flexibility index (Phi) is 3.67. The first kappa shape index (κ1) is 13.0. The molecule has 0 aliphatic heterocycles. The fourth-order valence-corrected chi connectivity index (χ4v) is 3.82. The van der Waals surface area contributed by atoms with Crippen molar-refractivity contribution in [3.8, 4) is 0 Å². The van der Waals surface area contributed by atoms with Gasteiger partial charge in [-0.1, -0.05) is 12.8 Å². The van der Waals surface area contributed by atoms with Gasteiger partial charge < -0.3 is 5.73 Å². The van der Waals surface area contributed by atoms with E-state index in [2.05, 4.69) is 10.2 Å². The maximum absolute atomic E-state index is 12.4. The van der Waals surface area contributed by atoms with Crippen LogP contribution < -0.4 is 5.73 Å². The third-order valence-corrected chi connectivity index (χ3v) is 4.93. The van der Waals surface area contributed by atoms with Crippen LogP contribution >= 0.6 is 0 Å². The Morgan fingerprint density at radius 3 is 2.67 bits per heavy atom. The average Bonchev–Trinajstić information content (AvgIpc) is 2.98. The van der Waals surface area contributed by atoms with Crippen molar-refractivity contribution >= 4 is 15.9 Å². The number of carbonyl (C=O) groups is 1. The van der Waals surface area contributed by atoms with Gasteiger partial charge in [0, 0.05) is 6.04 Å². The number of aromatic nitrogens is 2. The van der Waals surface area contributed by atoms with Gasteiger partial charge in [-0.25, -0.2) is 8.42 Å². The average molecular weight is 272 g/mol. The first-order valence-electron chi connectivity index (χ1n) is 5.81. The molecular formula is C10H16N4O3S. The first-order chi connectivity index (χ1) is 8.51. The van der Waals surface area contributed by atoms with Gasteiger partial charge >= 0.3 is 0 Å². The summed E-state index contributed by atoms with van der Waals surface area (Å²) in [5.41, 5.74) is 5.14. The molecule has 8 heteroatoms. The lowest BCUT2D eigenvalue weighted by Gasteiger charge is -2.25. The number of carbonyl (C=O) groups excluding carboxylic acids is 1. The molecule has 18 heavy (non-hydrogen) atoms. The fraction of sp³-hybridized carbons (Fsp3) is 0.600. The molecule has 1 fully saturated rings. The number of nitrogens with zero attached hydrogens (tertiary/aromatic N) is 2. The maximum Gasteiger partial charge on any atom is 0.260 e. The molecule has 0 unspecified atom stereocenters. The minimum Gasteiger partial charge on any atom is -0.369 e. The predicted octanol–water partition coefficient (Wildman–Crippen LogP) is -0.172. The molecular weight excluding hydrogens is 256 g/mol. The molecule has 1 aromatic rings. The number of H-pyrrole nitrogens is 1. The van der Waals surface area contributed by atoms with Crippen LogP contribution in [0.3, 0.4) is 0 Å². The molecule has 100 valence electrons. The van der Waals surface area contributed by atoms with Crippen LogP contribution in [0.4, 0.5) is 0 Å². The Labute approximate surface area is 105 Å². The quantitative estimate of drug-likeness (QED) is 0.775. The summed E-state index contributed by atoms with van der Waals surface area (Å²) in [5, 5.41) is 6.05. The minimum absolute atomic E-state index is 0.00403. The van der Waals surface area contributed by atoms with E-state index in [1.54, 1.807) is 0 Å². The van der Waals surface area contributed by atoms with Gasteiger partial charge in [0.1, 0.15) is 0 Å². The van der Waals surface area contributed by atoms with Crippen molar-refractivity contribution in [3.05, 3.63) is 12.3 Å². The van der Waals surface area contributed by atoms with Crippen molar-refractivity contribution in [3.63, 3.8) is 0 Å². The zero-order chi connectivity index (χ0) is 13.2. The highest BCUT2D eigenvalue weighted by atomic mass is 32.2. The first-order valence-corrected chi connectivity index (χ1v) is 7.25. The molecule has 1 amide bonds. The lowest BCUT2D eigenvalue weighted by atomic mass is 10.2. The van der Waals surface area contributed by atoms with E-state index in [-0.39, 0.29) is 17.6 Å². The maximum atomic E-state index is 12.4. The smallest absolute Gasteiger partial charge is 0.260 e. The van der Waals surface area contributed by atoms with Crippen LogP contribution in [-0.4, -0.2) is 41.4 Å². The molecule has 1 saturated carbocycles. The molecule has 0 spiro atoms. The van der Waals surface area contributed by atoms with Gasteiger partial charge in [-0.15, -0.1) is 0 Å². The Hall–Kier alpha value is -1.41. The van der Waals surface area contributed by atoms with Gasteiger partial charge in [0.15, 0.2) is 5.03 Å². The molecule has 1 heterocycles. The normalized spacial score (nSPS) is 17.4. The number of hydrogen-bond acceptors (Lipinski definition) is 4. The minimum atomic E-state index is -3.72. The molecule has 0 radical (unpaired) electrons. The summed E-state index contributed by atoms with van der Waals surface area (Å²) in [5.74, 6) is -0.648. The number of primary amides is 1. The third kappa shape index (κ3) is 2.54. The van der Waals surface area contributed by atoms with Crippen LogP contribution in [0.2, 0.25) is 0 Å². The Balaban J connectivity index is 2.30. The third-order valence-electron chi connectivity index (χ3n) is 3.11. The van der Waals surface area contributed by atoms with Crippen LogP contribution in [0.1, 0.15) is 25.7 Å². The summed E-state index contributed by atoms with van der Waals surface area (Å²) in [7, 11) is -3.72. The number of nitrogens with one attached hydrogen (secondary N) is 1. The molecule has 3 N–H and O–H groups in total. The summed E-state index contributed by atoms with van der Waals surface area (Å²) in [6.45, 7) is -0.286. The largest absolute Gasteiger partial charge is 0.369 e. The summed E-state index contributed by atoms with van der Waals surface area (Å²) < 4.78 is 25.9. The van der Waals surface area contributed by atoms with Crippen LogP contribution in [0, 0.1) is 0 Å². The fourth-order valence-electron chi connectivity index (χ4n) is 2.27. The van der Waals surface area contributed by atoms with Crippen molar-refractivity contribution in [2.75, 3.05) is 6.54 Å². The lowest BCUT2D eigenvalue weighted by Crippen LogP contribution is -2.44. The van der Waals surface area contributed by atoms with Crippen molar-refractivity contribution in [2.24, 2.45) is 5.73 Å². The standard InChI is InChI=1S/C10H16N4O3S/c11-9(15)7-14(8-3-1-2-4-8)18(16,17)10-5-6-12-13-10/h5-6,8H,1-4,7H2,(H2,11,15)(H,12,13). The summed E-state index contributed by atoms with van der Waals surface area (Å²) in [6.07, 6.45) is 4.84. The van der Waals surface area contributed by atoms with Gasteiger partial charge in [0.25, 0.3) is 10.0 Å². The van der Waals surface area contributed by atoms with Crippen LogP contribution in [0.5, 0.6) is 0 Å². The summed E-state index contributed by atoms with van der Waals surface area (Å²) >= 11 is 0. The highest BCUT2D eigenvalue weighted by molar-refractivity contribution is 7.89. The van der Waals surface area contributed by atoms with Gasteiger partial charge in [0.2, 0.25) is 5.91 Å². The van der Waals surface area contributed by atoms with Crippen molar-refractivity contribution < 1.29 is 13.2 Å². The van der Waals surface area contributed by atoms with E-state index in [0.29, 0.717) is 0 Å². The van der Waals surface area contributed by atoms with Crippen molar-refractivity contribution in [1.29, 1.82) is 0 Å². The topological polar surface area (TPSA) is 109 Å². The second-order valence-electron chi connectivity index (χ2n) is 4.38.